The van der Waals surface area contributed by atoms with Gasteiger partial charge in [0.25, 0.3) is 0 Å². The maximum atomic E-state index is 12.0. The van der Waals surface area contributed by atoms with E-state index in [1.165, 1.54) is 0 Å². The van der Waals surface area contributed by atoms with Gasteiger partial charge >= 0.3 is 0 Å². The molecule has 0 aromatic heterocycles. The molecule has 16 heavy (non-hydrogen) atoms. The number of carbonyl (C=O) groups is 1. The van der Waals surface area contributed by atoms with E-state index in [4.69, 9.17) is 5.73 Å². The molecular formula is C12H23N3O. The highest BCUT2D eigenvalue weighted by molar-refractivity contribution is 5.80. The summed E-state index contributed by atoms with van der Waals surface area (Å²) in [6.07, 6.45) is 5.15. The number of amides is 1. The molecule has 4 N–H and O–H groups in total. The van der Waals surface area contributed by atoms with Gasteiger partial charge in [0, 0.05) is 18.1 Å². The first kappa shape index (κ1) is 11.9. The lowest BCUT2D eigenvalue weighted by atomic mass is 9.91. The van der Waals surface area contributed by atoms with Gasteiger partial charge in [0.1, 0.15) is 0 Å². The van der Waals surface area contributed by atoms with Crippen LogP contribution >= 0.6 is 0 Å². The summed E-state index contributed by atoms with van der Waals surface area (Å²) in [6, 6.07) is 1.03. The average molecular weight is 225 g/mol. The topological polar surface area (TPSA) is 67.2 Å². The van der Waals surface area contributed by atoms with E-state index < -0.39 is 0 Å². The third kappa shape index (κ3) is 2.74. The normalized spacial score (nSPS) is 39.6. The van der Waals surface area contributed by atoms with Crippen LogP contribution in [0.2, 0.25) is 0 Å². The van der Waals surface area contributed by atoms with Gasteiger partial charge in [-0.3, -0.25) is 4.79 Å². The first-order chi connectivity index (χ1) is 7.66. The molecule has 4 heteroatoms. The van der Waals surface area contributed by atoms with Crippen molar-refractivity contribution >= 4 is 5.91 Å². The van der Waals surface area contributed by atoms with Crippen LogP contribution in [0.4, 0.5) is 0 Å². The van der Waals surface area contributed by atoms with E-state index in [0.717, 1.165) is 38.6 Å². The van der Waals surface area contributed by atoms with E-state index in [1.807, 2.05) is 0 Å². The zero-order valence-corrected chi connectivity index (χ0v) is 10.0. The van der Waals surface area contributed by atoms with E-state index in [0.29, 0.717) is 18.1 Å². The Labute approximate surface area is 97.3 Å². The molecule has 2 atom stereocenters. The largest absolute Gasteiger partial charge is 0.353 e. The number of nitrogens with one attached hydrogen (secondary N) is 2. The van der Waals surface area contributed by atoms with Gasteiger partial charge in [0.05, 0.1) is 5.92 Å². The lowest BCUT2D eigenvalue weighted by molar-refractivity contribution is -0.126. The van der Waals surface area contributed by atoms with Crippen LogP contribution in [0.15, 0.2) is 0 Å². The lowest BCUT2D eigenvalue weighted by Crippen LogP contribution is -2.44. The summed E-state index contributed by atoms with van der Waals surface area (Å²) >= 11 is 0. The van der Waals surface area contributed by atoms with E-state index >= 15 is 0 Å². The van der Waals surface area contributed by atoms with E-state index in [-0.39, 0.29) is 11.8 Å². The fourth-order valence-electron chi connectivity index (χ4n) is 2.79. The van der Waals surface area contributed by atoms with Crippen molar-refractivity contribution in [1.29, 1.82) is 0 Å². The second-order valence-electron chi connectivity index (χ2n) is 5.26. The molecule has 0 aromatic carbocycles. The molecule has 2 unspecified atom stereocenters. The summed E-state index contributed by atoms with van der Waals surface area (Å²) in [5.74, 6) is 0.397. The predicted molar refractivity (Wildman–Crippen MR) is 63.9 cm³/mol. The number of rotatable bonds is 2. The van der Waals surface area contributed by atoms with Crippen LogP contribution in [0.25, 0.3) is 0 Å². The monoisotopic (exact) mass is 225 g/mol. The Balaban J connectivity index is 1.78. The molecule has 1 heterocycles. The minimum Gasteiger partial charge on any atom is -0.353 e. The van der Waals surface area contributed by atoms with Gasteiger partial charge in [-0.15, -0.1) is 0 Å². The van der Waals surface area contributed by atoms with Crippen LogP contribution in [-0.4, -0.2) is 30.6 Å². The Hall–Kier alpha value is -0.610. The lowest BCUT2D eigenvalue weighted by Gasteiger charge is -2.28. The maximum Gasteiger partial charge on any atom is 0.224 e. The molecule has 0 bridgehead atoms. The molecule has 0 spiro atoms. The Morgan fingerprint density at radius 2 is 1.94 bits per heavy atom. The van der Waals surface area contributed by atoms with Gasteiger partial charge in [-0.2, -0.15) is 0 Å². The first-order valence-corrected chi connectivity index (χ1v) is 6.46. The molecule has 1 saturated heterocycles. The summed E-state index contributed by atoms with van der Waals surface area (Å²) in [5, 5.41) is 6.49. The van der Waals surface area contributed by atoms with Gasteiger partial charge in [-0.25, -0.2) is 0 Å². The minimum atomic E-state index is 0.163. The molecule has 2 rings (SSSR count). The van der Waals surface area contributed by atoms with Gasteiger partial charge in [0.15, 0.2) is 0 Å². The fraction of sp³-hybridized carbons (Fsp3) is 0.917. The summed E-state index contributed by atoms with van der Waals surface area (Å²) in [4.78, 5) is 12.0. The Kier molecular flexibility index (Phi) is 3.82. The highest BCUT2D eigenvalue weighted by atomic mass is 16.2. The summed E-state index contributed by atoms with van der Waals surface area (Å²) in [5.41, 5.74) is 5.85. The molecular weight excluding hydrogens is 202 g/mol. The zero-order chi connectivity index (χ0) is 11.5. The standard InChI is InChI=1S/C12H23N3O/c1-8-11(6-7-14-8)12(16)15-10-4-2-9(13)3-5-10/h8-11,14H,2-7,13H2,1H3,(H,15,16). The first-order valence-electron chi connectivity index (χ1n) is 6.46. The van der Waals surface area contributed by atoms with Gasteiger partial charge in [-0.1, -0.05) is 0 Å². The molecule has 1 amide bonds. The summed E-state index contributed by atoms with van der Waals surface area (Å²) in [6.45, 7) is 3.06. The molecule has 1 saturated carbocycles. The quantitative estimate of drug-likeness (QED) is 0.636. The van der Waals surface area contributed by atoms with Crippen molar-refractivity contribution in [2.75, 3.05) is 6.54 Å². The number of hydrogen-bond donors (Lipinski definition) is 3. The van der Waals surface area contributed by atoms with Crippen LogP contribution in [0, 0.1) is 5.92 Å². The highest BCUT2D eigenvalue weighted by Gasteiger charge is 2.31. The van der Waals surface area contributed by atoms with Crippen LogP contribution in [0.3, 0.4) is 0 Å². The minimum absolute atomic E-state index is 0.163. The predicted octanol–water partition coefficient (Wildman–Crippen LogP) is 0.371. The second kappa shape index (κ2) is 5.15. The Bertz CT molecular complexity index is 249. The second-order valence-corrected chi connectivity index (χ2v) is 5.26. The average Bonchev–Trinajstić information content (AvgIpc) is 2.68. The summed E-state index contributed by atoms with van der Waals surface area (Å²) < 4.78 is 0. The number of carbonyl (C=O) groups excluding carboxylic acids is 1. The third-order valence-electron chi connectivity index (χ3n) is 3.98. The molecule has 1 aliphatic carbocycles. The Morgan fingerprint density at radius 1 is 1.25 bits per heavy atom. The van der Waals surface area contributed by atoms with Crippen LogP contribution < -0.4 is 16.4 Å². The van der Waals surface area contributed by atoms with Crippen molar-refractivity contribution in [3.63, 3.8) is 0 Å². The van der Waals surface area contributed by atoms with E-state index in [2.05, 4.69) is 17.6 Å². The van der Waals surface area contributed by atoms with Crippen molar-refractivity contribution in [3.8, 4) is 0 Å². The summed E-state index contributed by atoms with van der Waals surface area (Å²) in [7, 11) is 0. The van der Waals surface area contributed by atoms with Crippen molar-refractivity contribution in [1.82, 2.24) is 10.6 Å². The fourth-order valence-corrected chi connectivity index (χ4v) is 2.79. The molecule has 4 nitrogen and oxygen atoms in total. The van der Waals surface area contributed by atoms with Gasteiger partial charge < -0.3 is 16.4 Å². The smallest absolute Gasteiger partial charge is 0.224 e. The molecule has 0 radical (unpaired) electrons. The molecule has 1 aliphatic heterocycles. The SMILES string of the molecule is CC1NCCC1C(=O)NC1CCC(N)CC1. The number of hydrogen-bond acceptors (Lipinski definition) is 3. The van der Waals surface area contributed by atoms with Crippen LogP contribution in [-0.2, 0) is 4.79 Å². The Morgan fingerprint density at radius 3 is 2.50 bits per heavy atom. The van der Waals surface area contributed by atoms with Crippen molar-refractivity contribution in [2.45, 2.75) is 57.2 Å². The maximum absolute atomic E-state index is 12.0. The molecule has 92 valence electrons. The van der Waals surface area contributed by atoms with Crippen LogP contribution in [0.1, 0.15) is 39.0 Å². The highest BCUT2D eigenvalue weighted by Crippen LogP contribution is 2.20. The molecule has 2 aliphatic rings. The van der Waals surface area contributed by atoms with Gasteiger partial charge in [0.2, 0.25) is 5.91 Å². The molecule has 0 aromatic rings. The van der Waals surface area contributed by atoms with Crippen molar-refractivity contribution in [3.05, 3.63) is 0 Å². The van der Waals surface area contributed by atoms with Crippen molar-refractivity contribution < 1.29 is 4.79 Å². The molecule has 2 fully saturated rings. The zero-order valence-electron chi connectivity index (χ0n) is 10.0. The van der Waals surface area contributed by atoms with Crippen LogP contribution in [0.5, 0.6) is 0 Å². The van der Waals surface area contributed by atoms with E-state index in [9.17, 15) is 4.79 Å². The third-order valence-corrected chi connectivity index (χ3v) is 3.98. The number of nitrogens with two attached hydrogens (primary N) is 1. The van der Waals surface area contributed by atoms with Crippen molar-refractivity contribution in [2.24, 2.45) is 11.7 Å². The van der Waals surface area contributed by atoms with E-state index in [1.54, 1.807) is 0 Å². The van der Waals surface area contributed by atoms with Gasteiger partial charge in [-0.05, 0) is 45.6 Å².